The van der Waals surface area contributed by atoms with Gasteiger partial charge in [0.15, 0.2) is 0 Å². The Bertz CT molecular complexity index is 1020. The van der Waals surface area contributed by atoms with Crippen LogP contribution in [0.2, 0.25) is 0 Å². The van der Waals surface area contributed by atoms with E-state index in [1.54, 1.807) is 48.5 Å². The summed E-state index contributed by atoms with van der Waals surface area (Å²) in [5.74, 6) is -0.793. The van der Waals surface area contributed by atoms with Gasteiger partial charge in [-0.3, -0.25) is 0 Å². The van der Waals surface area contributed by atoms with Crippen molar-refractivity contribution < 1.29 is 23.7 Å². The molecule has 1 saturated heterocycles. The maximum atomic E-state index is 13.5. The van der Waals surface area contributed by atoms with Crippen molar-refractivity contribution in [1.82, 2.24) is 0 Å². The smallest absolute Gasteiger partial charge is 0.222 e. The Labute approximate surface area is 161 Å². The van der Waals surface area contributed by atoms with Gasteiger partial charge in [0, 0.05) is 17.2 Å². The molecule has 1 aliphatic heterocycles. The van der Waals surface area contributed by atoms with Gasteiger partial charge in [-0.15, -0.1) is 0 Å². The van der Waals surface area contributed by atoms with Crippen molar-refractivity contribution in [1.29, 1.82) is 5.26 Å². The molecule has 1 aliphatic rings. The fourth-order valence-corrected chi connectivity index (χ4v) is 3.14. The van der Waals surface area contributed by atoms with E-state index >= 15 is 0 Å². The standard InChI is InChI=1S/C22H16FNO4/c23-18-6-1-15(14-24)21(13-18)28-20-9-4-17(5-10-20)22(26-11-12-27-22)16-2-7-19(25)8-3-16/h1-10,13,25H,11-12H2. The fourth-order valence-electron chi connectivity index (χ4n) is 3.14. The third-order valence-corrected chi connectivity index (χ3v) is 4.47. The highest BCUT2D eigenvalue weighted by atomic mass is 19.1. The molecular weight excluding hydrogens is 361 g/mol. The molecule has 0 bridgehead atoms. The minimum atomic E-state index is -1.07. The highest BCUT2D eigenvalue weighted by molar-refractivity contribution is 5.46. The van der Waals surface area contributed by atoms with Gasteiger partial charge < -0.3 is 19.3 Å². The van der Waals surface area contributed by atoms with E-state index in [-0.39, 0.29) is 17.1 Å². The Morgan fingerprint density at radius 1 is 0.929 bits per heavy atom. The first-order chi connectivity index (χ1) is 13.6. The minimum Gasteiger partial charge on any atom is -0.508 e. The van der Waals surface area contributed by atoms with E-state index < -0.39 is 11.6 Å². The average Bonchev–Trinajstić information content (AvgIpc) is 3.20. The van der Waals surface area contributed by atoms with Crippen molar-refractivity contribution in [3.8, 4) is 23.3 Å². The Balaban J connectivity index is 1.64. The van der Waals surface area contributed by atoms with Crippen LogP contribution in [0.15, 0.2) is 66.7 Å². The van der Waals surface area contributed by atoms with Crippen LogP contribution in [-0.4, -0.2) is 18.3 Å². The van der Waals surface area contributed by atoms with Crippen molar-refractivity contribution in [3.05, 3.63) is 89.2 Å². The SMILES string of the molecule is N#Cc1ccc(F)cc1Oc1ccc(C2(c3ccc(O)cc3)OCCO2)cc1. The number of hydrogen-bond donors (Lipinski definition) is 1. The van der Waals surface area contributed by atoms with Crippen LogP contribution in [-0.2, 0) is 15.3 Å². The lowest BCUT2D eigenvalue weighted by Crippen LogP contribution is -2.28. The summed E-state index contributed by atoms with van der Waals surface area (Å²) >= 11 is 0. The van der Waals surface area contributed by atoms with E-state index in [1.165, 1.54) is 18.2 Å². The van der Waals surface area contributed by atoms with Gasteiger partial charge in [0.25, 0.3) is 0 Å². The van der Waals surface area contributed by atoms with Gasteiger partial charge in [-0.2, -0.15) is 5.26 Å². The summed E-state index contributed by atoms with van der Waals surface area (Å²) in [6.45, 7) is 0.877. The summed E-state index contributed by atoms with van der Waals surface area (Å²) in [6.07, 6.45) is 0. The zero-order valence-corrected chi connectivity index (χ0v) is 14.8. The van der Waals surface area contributed by atoms with Gasteiger partial charge in [-0.1, -0.05) is 0 Å². The van der Waals surface area contributed by atoms with E-state index in [4.69, 9.17) is 19.5 Å². The lowest BCUT2D eigenvalue weighted by Gasteiger charge is -2.28. The van der Waals surface area contributed by atoms with Crippen LogP contribution >= 0.6 is 0 Å². The van der Waals surface area contributed by atoms with Gasteiger partial charge >= 0.3 is 0 Å². The number of nitriles is 1. The van der Waals surface area contributed by atoms with Crippen molar-refractivity contribution in [2.75, 3.05) is 13.2 Å². The lowest BCUT2D eigenvalue weighted by atomic mass is 9.97. The molecule has 0 saturated carbocycles. The molecule has 0 aliphatic carbocycles. The first-order valence-electron chi connectivity index (χ1n) is 8.66. The van der Waals surface area contributed by atoms with E-state index in [1.807, 2.05) is 6.07 Å². The summed E-state index contributed by atoms with van der Waals surface area (Å²) in [5.41, 5.74) is 1.75. The predicted molar refractivity (Wildman–Crippen MR) is 98.4 cm³/mol. The molecular formula is C22H16FNO4. The van der Waals surface area contributed by atoms with Crippen LogP contribution in [0.4, 0.5) is 4.39 Å². The quantitative estimate of drug-likeness (QED) is 0.728. The zero-order chi connectivity index (χ0) is 19.6. The molecule has 5 nitrogen and oxygen atoms in total. The van der Waals surface area contributed by atoms with Crippen molar-refractivity contribution in [2.45, 2.75) is 5.79 Å². The van der Waals surface area contributed by atoms with Crippen LogP contribution in [0.25, 0.3) is 0 Å². The average molecular weight is 377 g/mol. The molecule has 0 atom stereocenters. The fraction of sp³-hybridized carbons (Fsp3) is 0.136. The molecule has 1 N–H and O–H groups in total. The van der Waals surface area contributed by atoms with Crippen LogP contribution in [0.5, 0.6) is 17.2 Å². The van der Waals surface area contributed by atoms with Crippen LogP contribution < -0.4 is 4.74 Å². The van der Waals surface area contributed by atoms with Gasteiger partial charge in [0.1, 0.15) is 29.1 Å². The van der Waals surface area contributed by atoms with Gasteiger partial charge in [0.2, 0.25) is 5.79 Å². The number of hydrogen-bond acceptors (Lipinski definition) is 5. The molecule has 140 valence electrons. The number of phenols is 1. The molecule has 0 radical (unpaired) electrons. The molecule has 3 aromatic carbocycles. The molecule has 4 rings (SSSR count). The first-order valence-corrected chi connectivity index (χ1v) is 8.66. The second-order valence-electron chi connectivity index (χ2n) is 6.24. The molecule has 0 amide bonds. The van der Waals surface area contributed by atoms with Crippen LogP contribution in [0.1, 0.15) is 16.7 Å². The molecule has 6 heteroatoms. The summed E-state index contributed by atoms with van der Waals surface area (Å²) in [7, 11) is 0. The number of benzene rings is 3. The van der Waals surface area contributed by atoms with Crippen molar-refractivity contribution in [2.24, 2.45) is 0 Å². The molecule has 1 heterocycles. The third kappa shape index (κ3) is 3.29. The van der Waals surface area contributed by atoms with E-state index in [9.17, 15) is 9.50 Å². The molecule has 0 unspecified atom stereocenters. The predicted octanol–water partition coefficient (Wildman–Crippen LogP) is 4.44. The van der Waals surface area contributed by atoms with Gasteiger partial charge in [0.05, 0.1) is 18.8 Å². The summed E-state index contributed by atoms with van der Waals surface area (Å²) in [5, 5.41) is 18.7. The van der Waals surface area contributed by atoms with E-state index in [0.29, 0.717) is 19.0 Å². The van der Waals surface area contributed by atoms with Gasteiger partial charge in [-0.25, -0.2) is 4.39 Å². The largest absolute Gasteiger partial charge is 0.508 e. The lowest BCUT2D eigenvalue weighted by molar-refractivity contribution is -0.129. The minimum absolute atomic E-state index is 0.150. The normalized spacial score (nSPS) is 15.1. The highest BCUT2D eigenvalue weighted by Gasteiger charge is 2.40. The summed E-state index contributed by atoms with van der Waals surface area (Å²) in [4.78, 5) is 0. The maximum absolute atomic E-state index is 13.5. The molecule has 3 aromatic rings. The van der Waals surface area contributed by atoms with Crippen molar-refractivity contribution >= 4 is 0 Å². The third-order valence-electron chi connectivity index (χ3n) is 4.47. The number of ether oxygens (including phenoxy) is 3. The molecule has 0 spiro atoms. The molecule has 0 aromatic heterocycles. The molecule has 28 heavy (non-hydrogen) atoms. The maximum Gasteiger partial charge on any atom is 0.222 e. The summed E-state index contributed by atoms with van der Waals surface area (Å²) < 4.78 is 31.0. The number of halogens is 1. The summed E-state index contributed by atoms with van der Waals surface area (Å²) in [6, 6.07) is 19.4. The first kappa shape index (κ1) is 18.0. The zero-order valence-electron chi connectivity index (χ0n) is 14.8. The number of nitrogens with zero attached hydrogens (tertiary/aromatic N) is 1. The topological polar surface area (TPSA) is 71.7 Å². The van der Waals surface area contributed by atoms with Crippen LogP contribution in [0.3, 0.4) is 0 Å². The monoisotopic (exact) mass is 377 g/mol. The number of rotatable bonds is 4. The number of phenolic OH excluding ortho intramolecular Hbond substituents is 1. The Morgan fingerprint density at radius 3 is 2.14 bits per heavy atom. The second kappa shape index (κ2) is 7.31. The highest BCUT2D eigenvalue weighted by Crippen LogP contribution is 2.39. The Kier molecular flexibility index (Phi) is 4.70. The molecule has 1 fully saturated rings. The number of aromatic hydroxyl groups is 1. The second-order valence-corrected chi connectivity index (χ2v) is 6.24. The Hall–Kier alpha value is -3.40. The van der Waals surface area contributed by atoms with E-state index in [2.05, 4.69) is 0 Å². The van der Waals surface area contributed by atoms with Gasteiger partial charge in [-0.05, 0) is 60.7 Å². The Morgan fingerprint density at radius 2 is 1.54 bits per heavy atom. The van der Waals surface area contributed by atoms with Crippen molar-refractivity contribution in [3.63, 3.8) is 0 Å². The van der Waals surface area contributed by atoms with E-state index in [0.717, 1.165) is 11.1 Å². The van der Waals surface area contributed by atoms with Crippen LogP contribution in [0, 0.1) is 17.1 Å².